The van der Waals surface area contributed by atoms with Gasteiger partial charge in [-0.2, -0.15) is 0 Å². The van der Waals surface area contributed by atoms with Crippen molar-refractivity contribution in [2.24, 2.45) is 0 Å². The predicted octanol–water partition coefficient (Wildman–Crippen LogP) is 4.29. The Bertz CT molecular complexity index is 927. The van der Waals surface area contributed by atoms with Crippen molar-refractivity contribution in [3.8, 4) is 10.4 Å². The Balaban J connectivity index is 1.95. The van der Waals surface area contributed by atoms with Gasteiger partial charge in [0.1, 0.15) is 10.6 Å². The Kier molecular flexibility index (Phi) is 5.60. The lowest BCUT2D eigenvalue weighted by Crippen LogP contribution is -2.15. The van der Waals surface area contributed by atoms with Gasteiger partial charge in [0.2, 0.25) is 0 Å². The molecule has 6 nitrogen and oxygen atoms in total. The molecule has 132 valence electrons. The standard InChI is InChI=1S/C18H14ClN3O3S/c1-2-25-18(24)16-13(22-17(23)14-10-20-7-8-21-14)9-15(26-16)11-3-5-12(19)6-4-11/h3-10H,2H2,1H3,(H,22,23). The molecule has 1 aromatic carbocycles. The summed E-state index contributed by atoms with van der Waals surface area (Å²) >= 11 is 7.16. The summed E-state index contributed by atoms with van der Waals surface area (Å²) in [4.78, 5) is 33.6. The summed E-state index contributed by atoms with van der Waals surface area (Å²) in [7, 11) is 0. The van der Waals surface area contributed by atoms with Gasteiger partial charge in [0, 0.05) is 22.3 Å². The fourth-order valence-corrected chi connectivity index (χ4v) is 3.33. The summed E-state index contributed by atoms with van der Waals surface area (Å²) in [5.41, 5.74) is 1.40. The van der Waals surface area contributed by atoms with Crippen LogP contribution in [0, 0.1) is 0 Å². The Hall–Kier alpha value is -2.77. The molecule has 0 radical (unpaired) electrons. The average molecular weight is 388 g/mol. The lowest BCUT2D eigenvalue weighted by molar-refractivity contribution is 0.0533. The van der Waals surface area contributed by atoms with Gasteiger partial charge in [0.25, 0.3) is 5.91 Å². The highest BCUT2D eigenvalue weighted by molar-refractivity contribution is 7.18. The minimum atomic E-state index is -0.493. The molecule has 0 unspecified atom stereocenters. The van der Waals surface area contributed by atoms with Crippen molar-refractivity contribution < 1.29 is 14.3 Å². The summed E-state index contributed by atoms with van der Waals surface area (Å²) in [6.45, 7) is 1.97. The fraction of sp³-hybridized carbons (Fsp3) is 0.111. The van der Waals surface area contributed by atoms with E-state index in [2.05, 4.69) is 15.3 Å². The molecule has 2 aromatic heterocycles. The molecule has 8 heteroatoms. The second-order valence-corrected chi connectivity index (χ2v) is 6.61. The van der Waals surface area contributed by atoms with Gasteiger partial charge in [-0.15, -0.1) is 11.3 Å². The van der Waals surface area contributed by atoms with Crippen LogP contribution in [0.3, 0.4) is 0 Å². The van der Waals surface area contributed by atoms with Crippen molar-refractivity contribution in [1.82, 2.24) is 9.97 Å². The van der Waals surface area contributed by atoms with Crippen LogP contribution in [0.15, 0.2) is 48.9 Å². The zero-order valence-corrected chi connectivity index (χ0v) is 15.3. The van der Waals surface area contributed by atoms with Gasteiger partial charge >= 0.3 is 5.97 Å². The third kappa shape index (κ3) is 4.07. The molecule has 0 fully saturated rings. The van der Waals surface area contributed by atoms with Crippen molar-refractivity contribution in [1.29, 1.82) is 0 Å². The maximum Gasteiger partial charge on any atom is 0.350 e. The second-order valence-electron chi connectivity index (χ2n) is 5.13. The zero-order valence-electron chi connectivity index (χ0n) is 13.7. The summed E-state index contributed by atoms with van der Waals surface area (Å²) < 4.78 is 5.10. The van der Waals surface area contributed by atoms with E-state index in [9.17, 15) is 9.59 Å². The average Bonchev–Trinajstić information content (AvgIpc) is 3.07. The number of hydrogen-bond acceptors (Lipinski definition) is 6. The maximum atomic E-state index is 12.4. The molecular formula is C18H14ClN3O3S. The number of hydrogen-bond donors (Lipinski definition) is 1. The number of rotatable bonds is 5. The molecule has 0 aliphatic heterocycles. The van der Waals surface area contributed by atoms with E-state index in [1.165, 1.54) is 29.9 Å². The van der Waals surface area contributed by atoms with Gasteiger partial charge in [-0.25, -0.2) is 9.78 Å². The first-order chi connectivity index (χ1) is 12.6. The van der Waals surface area contributed by atoms with Gasteiger partial charge in [-0.05, 0) is 30.7 Å². The van der Waals surface area contributed by atoms with Crippen LogP contribution < -0.4 is 5.32 Å². The van der Waals surface area contributed by atoms with E-state index in [4.69, 9.17) is 16.3 Å². The van der Waals surface area contributed by atoms with Gasteiger partial charge in [-0.1, -0.05) is 23.7 Å². The van der Waals surface area contributed by atoms with Crippen molar-refractivity contribution in [2.45, 2.75) is 6.92 Å². The lowest BCUT2D eigenvalue weighted by Gasteiger charge is -2.05. The van der Waals surface area contributed by atoms with Crippen LogP contribution >= 0.6 is 22.9 Å². The first kappa shape index (κ1) is 18.0. The SMILES string of the molecule is CCOC(=O)c1sc(-c2ccc(Cl)cc2)cc1NC(=O)c1cnccn1. The van der Waals surface area contributed by atoms with Crippen molar-refractivity contribution in [3.63, 3.8) is 0 Å². The number of carbonyl (C=O) groups is 2. The molecule has 1 amide bonds. The number of thiophene rings is 1. The number of ether oxygens (including phenoxy) is 1. The molecule has 1 N–H and O–H groups in total. The predicted molar refractivity (Wildman–Crippen MR) is 101 cm³/mol. The Labute approximate surface area is 158 Å². The van der Waals surface area contributed by atoms with Crippen LogP contribution in [0.25, 0.3) is 10.4 Å². The summed E-state index contributed by atoms with van der Waals surface area (Å²) in [5.74, 6) is -0.948. The minimum absolute atomic E-state index is 0.154. The largest absolute Gasteiger partial charge is 0.462 e. The molecule has 0 spiro atoms. The first-order valence-corrected chi connectivity index (χ1v) is 8.92. The molecule has 0 bridgehead atoms. The van der Waals surface area contributed by atoms with Crippen LogP contribution in [-0.4, -0.2) is 28.5 Å². The molecule has 0 atom stereocenters. The minimum Gasteiger partial charge on any atom is -0.462 e. The molecule has 3 rings (SSSR count). The Morgan fingerprint density at radius 2 is 2.00 bits per heavy atom. The molecule has 2 heterocycles. The first-order valence-electron chi connectivity index (χ1n) is 7.72. The number of aromatic nitrogens is 2. The van der Waals surface area contributed by atoms with Gasteiger partial charge in [0.05, 0.1) is 18.5 Å². The molecule has 0 saturated heterocycles. The van der Waals surface area contributed by atoms with Crippen LogP contribution in [-0.2, 0) is 4.74 Å². The number of halogens is 1. The van der Waals surface area contributed by atoms with E-state index in [1.54, 1.807) is 25.1 Å². The molecular weight excluding hydrogens is 374 g/mol. The molecule has 0 saturated carbocycles. The number of anilines is 1. The number of benzene rings is 1. The van der Waals surface area contributed by atoms with Gasteiger partial charge in [0.15, 0.2) is 0 Å². The highest BCUT2D eigenvalue weighted by Crippen LogP contribution is 2.36. The Morgan fingerprint density at radius 1 is 1.23 bits per heavy atom. The molecule has 3 aromatic rings. The number of esters is 1. The number of nitrogens with zero attached hydrogens (tertiary/aromatic N) is 2. The maximum absolute atomic E-state index is 12.4. The third-order valence-corrected chi connectivity index (χ3v) is 4.78. The quantitative estimate of drug-likeness (QED) is 0.660. The number of nitrogens with one attached hydrogen (secondary N) is 1. The van der Waals surface area contributed by atoms with Crippen LogP contribution in [0.2, 0.25) is 5.02 Å². The van der Waals surface area contributed by atoms with Gasteiger partial charge in [-0.3, -0.25) is 9.78 Å². The normalized spacial score (nSPS) is 10.4. The second kappa shape index (κ2) is 8.07. The fourth-order valence-electron chi connectivity index (χ4n) is 2.19. The molecule has 0 aliphatic carbocycles. The number of amides is 1. The summed E-state index contributed by atoms with van der Waals surface area (Å²) in [5, 5.41) is 3.33. The van der Waals surface area contributed by atoms with E-state index in [0.29, 0.717) is 15.6 Å². The third-order valence-electron chi connectivity index (χ3n) is 3.37. The van der Waals surface area contributed by atoms with Crippen LogP contribution in [0.1, 0.15) is 27.1 Å². The molecule has 0 aliphatic rings. The monoisotopic (exact) mass is 387 g/mol. The summed E-state index contributed by atoms with van der Waals surface area (Å²) in [6, 6.07) is 8.94. The number of carbonyl (C=O) groups excluding carboxylic acids is 2. The van der Waals surface area contributed by atoms with E-state index in [-0.39, 0.29) is 12.3 Å². The topological polar surface area (TPSA) is 81.2 Å². The lowest BCUT2D eigenvalue weighted by atomic mass is 10.2. The van der Waals surface area contributed by atoms with Gasteiger partial charge < -0.3 is 10.1 Å². The highest BCUT2D eigenvalue weighted by atomic mass is 35.5. The van der Waals surface area contributed by atoms with Crippen molar-refractivity contribution in [2.75, 3.05) is 11.9 Å². The van der Waals surface area contributed by atoms with Crippen molar-refractivity contribution >= 4 is 40.5 Å². The Morgan fingerprint density at radius 3 is 2.65 bits per heavy atom. The highest BCUT2D eigenvalue weighted by Gasteiger charge is 2.21. The van der Waals surface area contributed by atoms with E-state index < -0.39 is 11.9 Å². The van der Waals surface area contributed by atoms with E-state index in [0.717, 1.165) is 10.4 Å². The van der Waals surface area contributed by atoms with Crippen LogP contribution in [0.5, 0.6) is 0 Å². The zero-order chi connectivity index (χ0) is 18.5. The van der Waals surface area contributed by atoms with Crippen LogP contribution in [0.4, 0.5) is 5.69 Å². The van der Waals surface area contributed by atoms with Crippen molar-refractivity contribution in [3.05, 3.63) is 64.5 Å². The van der Waals surface area contributed by atoms with E-state index >= 15 is 0 Å². The van der Waals surface area contributed by atoms with E-state index in [1.807, 2.05) is 12.1 Å². The molecule has 26 heavy (non-hydrogen) atoms. The smallest absolute Gasteiger partial charge is 0.350 e. The summed E-state index contributed by atoms with van der Waals surface area (Å²) in [6.07, 6.45) is 4.25.